The molecule has 5 rings (SSSR count). The molecule has 0 radical (unpaired) electrons. The molecule has 34 heavy (non-hydrogen) atoms. The smallest absolute Gasteiger partial charge is 0.255 e. The maximum Gasteiger partial charge on any atom is 0.255 e. The van der Waals surface area contributed by atoms with Crippen LogP contribution in [0.2, 0.25) is 0 Å². The minimum Gasteiger partial charge on any atom is -0.361 e. The van der Waals surface area contributed by atoms with Crippen LogP contribution < -0.4 is 10.6 Å². The normalized spacial score (nSPS) is 11.9. The Kier molecular flexibility index (Phi) is 6.06. The number of hydrogen-bond acceptors (Lipinski definition) is 3. The second-order valence-corrected chi connectivity index (χ2v) is 9.49. The van der Waals surface area contributed by atoms with Gasteiger partial charge in [-0.3, -0.25) is 9.59 Å². The summed E-state index contributed by atoms with van der Waals surface area (Å²) < 4.78 is 0. The van der Waals surface area contributed by atoms with Crippen molar-refractivity contribution in [1.29, 1.82) is 0 Å². The van der Waals surface area contributed by atoms with Gasteiger partial charge in [0.2, 0.25) is 5.91 Å². The standard InChI is InChI=1S/C28H23N3O2S/c1-18(27(32)30-24-12-11-20-13-14-29-26(20)17-24)34-25-8-4-7-23(16-25)31-28(33)22-10-9-19-5-2-3-6-21(19)15-22/h2-18,29H,1H3,(H,30,32)(H,31,33). The average molecular weight is 466 g/mol. The highest BCUT2D eigenvalue weighted by molar-refractivity contribution is 8.00. The molecule has 1 heterocycles. The molecular formula is C28H23N3O2S. The highest BCUT2D eigenvalue weighted by Gasteiger charge is 2.16. The fraction of sp³-hybridized carbons (Fsp3) is 0.0714. The Morgan fingerprint density at radius 3 is 2.44 bits per heavy atom. The summed E-state index contributed by atoms with van der Waals surface area (Å²) in [4.78, 5) is 29.6. The summed E-state index contributed by atoms with van der Waals surface area (Å²) in [6.07, 6.45) is 1.88. The lowest BCUT2D eigenvalue weighted by Gasteiger charge is -2.13. The van der Waals surface area contributed by atoms with E-state index in [1.807, 2.05) is 104 Å². The zero-order valence-electron chi connectivity index (χ0n) is 18.5. The molecule has 168 valence electrons. The van der Waals surface area contributed by atoms with E-state index >= 15 is 0 Å². The van der Waals surface area contributed by atoms with E-state index in [4.69, 9.17) is 0 Å². The lowest BCUT2D eigenvalue weighted by atomic mass is 10.1. The third-order valence-electron chi connectivity index (χ3n) is 5.61. The molecule has 1 unspecified atom stereocenters. The quantitative estimate of drug-likeness (QED) is 0.245. The molecule has 2 amide bonds. The molecule has 6 heteroatoms. The first-order chi connectivity index (χ1) is 16.5. The summed E-state index contributed by atoms with van der Waals surface area (Å²) in [5.41, 5.74) is 3.02. The molecule has 1 atom stereocenters. The lowest BCUT2D eigenvalue weighted by Crippen LogP contribution is -2.22. The van der Waals surface area contributed by atoms with Gasteiger partial charge < -0.3 is 15.6 Å². The summed E-state index contributed by atoms with van der Waals surface area (Å²) >= 11 is 1.44. The van der Waals surface area contributed by atoms with E-state index in [1.54, 1.807) is 0 Å². The first-order valence-electron chi connectivity index (χ1n) is 11.0. The molecule has 4 aromatic carbocycles. The summed E-state index contributed by atoms with van der Waals surface area (Å²) in [5, 5.41) is 8.84. The Morgan fingerprint density at radius 1 is 0.765 bits per heavy atom. The Bertz CT molecular complexity index is 1510. The zero-order chi connectivity index (χ0) is 23.5. The molecule has 0 aliphatic heterocycles. The molecule has 0 bridgehead atoms. The molecule has 0 aliphatic carbocycles. The van der Waals surface area contributed by atoms with Gasteiger partial charge in [0.15, 0.2) is 0 Å². The third-order valence-corrected chi connectivity index (χ3v) is 6.70. The number of nitrogens with one attached hydrogen (secondary N) is 3. The number of H-pyrrole nitrogens is 1. The minimum atomic E-state index is -0.314. The number of amides is 2. The van der Waals surface area contributed by atoms with E-state index in [9.17, 15) is 9.59 Å². The van der Waals surface area contributed by atoms with E-state index in [0.717, 1.165) is 32.3 Å². The van der Waals surface area contributed by atoms with Crippen molar-refractivity contribution in [2.24, 2.45) is 0 Å². The Balaban J connectivity index is 1.23. The second kappa shape index (κ2) is 9.45. The van der Waals surface area contributed by atoms with E-state index < -0.39 is 0 Å². The monoisotopic (exact) mass is 465 g/mol. The molecule has 5 nitrogen and oxygen atoms in total. The van der Waals surface area contributed by atoms with Gasteiger partial charge >= 0.3 is 0 Å². The van der Waals surface area contributed by atoms with Crippen LogP contribution >= 0.6 is 11.8 Å². The number of aromatic nitrogens is 1. The SMILES string of the molecule is CC(Sc1cccc(NC(=O)c2ccc3ccccc3c2)c1)C(=O)Nc1ccc2cc[nH]c2c1. The number of benzene rings is 4. The summed E-state index contributed by atoms with van der Waals surface area (Å²) in [6.45, 7) is 1.87. The Hall–Kier alpha value is -4.03. The molecular weight excluding hydrogens is 442 g/mol. The molecule has 0 saturated carbocycles. The van der Waals surface area contributed by atoms with E-state index in [0.29, 0.717) is 11.3 Å². The largest absolute Gasteiger partial charge is 0.361 e. The van der Waals surface area contributed by atoms with Crippen molar-refractivity contribution in [3.8, 4) is 0 Å². The van der Waals surface area contributed by atoms with Crippen LogP contribution in [0, 0.1) is 0 Å². The maximum atomic E-state index is 12.8. The average Bonchev–Trinajstić information content (AvgIpc) is 3.32. The molecule has 1 aromatic heterocycles. The fourth-order valence-electron chi connectivity index (χ4n) is 3.81. The van der Waals surface area contributed by atoms with Gasteiger partial charge in [0.05, 0.1) is 5.25 Å². The zero-order valence-corrected chi connectivity index (χ0v) is 19.4. The lowest BCUT2D eigenvalue weighted by molar-refractivity contribution is -0.115. The molecule has 0 saturated heterocycles. The van der Waals surface area contributed by atoms with E-state index in [1.165, 1.54) is 11.8 Å². The van der Waals surface area contributed by atoms with Crippen LogP contribution in [0.4, 0.5) is 11.4 Å². The maximum absolute atomic E-state index is 12.8. The van der Waals surface area contributed by atoms with Crippen molar-refractivity contribution in [2.45, 2.75) is 17.1 Å². The van der Waals surface area contributed by atoms with Crippen LogP contribution in [-0.2, 0) is 4.79 Å². The van der Waals surface area contributed by atoms with Crippen molar-refractivity contribution in [3.63, 3.8) is 0 Å². The summed E-state index contributed by atoms with van der Waals surface area (Å²) in [7, 11) is 0. The number of hydrogen-bond donors (Lipinski definition) is 3. The van der Waals surface area contributed by atoms with Crippen LogP contribution in [-0.4, -0.2) is 22.0 Å². The molecule has 0 spiro atoms. The highest BCUT2D eigenvalue weighted by atomic mass is 32.2. The summed E-state index contributed by atoms with van der Waals surface area (Å²) in [5.74, 6) is -0.250. The predicted octanol–water partition coefficient (Wildman–Crippen LogP) is 6.69. The minimum absolute atomic E-state index is 0.0819. The van der Waals surface area contributed by atoms with Crippen LogP contribution in [0.25, 0.3) is 21.7 Å². The van der Waals surface area contributed by atoms with E-state index in [2.05, 4.69) is 15.6 Å². The van der Waals surface area contributed by atoms with Gasteiger partial charge in [-0.2, -0.15) is 0 Å². The van der Waals surface area contributed by atoms with Gasteiger partial charge in [0.1, 0.15) is 0 Å². The van der Waals surface area contributed by atoms with Crippen molar-refractivity contribution < 1.29 is 9.59 Å². The summed E-state index contributed by atoms with van der Waals surface area (Å²) in [6, 6.07) is 28.9. The fourth-order valence-corrected chi connectivity index (χ4v) is 4.73. The number of anilines is 2. The molecule has 0 aliphatic rings. The molecule has 3 N–H and O–H groups in total. The van der Waals surface area contributed by atoms with Crippen molar-refractivity contribution in [3.05, 3.63) is 103 Å². The first-order valence-corrected chi connectivity index (χ1v) is 11.9. The molecule has 0 fully saturated rings. The van der Waals surface area contributed by atoms with Gasteiger partial charge in [-0.25, -0.2) is 0 Å². The van der Waals surface area contributed by atoms with Gasteiger partial charge in [0.25, 0.3) is 5.91 Å². The predicted molar refractivity (Wildman–Crippen MR) is 141 cm³/mol. The number of aromatic amines is 1. The highest BCUT2D eigenvalue weighted by Crippen LogP contribution is 2.27. The van der Waals surface area contributed by atoms with Gasteiger partial charge in [-0.15, -0.1) is 11.8 Å². The second-order valence-electron chi connectivity index (χ2n) is 8.07. The van der Waals surface area contributed by atoms with Gasteiger partial charge in [-0.1, -0.05) is 42.5 Å². The molecule has 5 aromatic rings. The number of carbonyl (C=O) groups is 2. The topological polar surface area (TPSA) is 74.0 Å². The van der Waals surface area contributed by atoms with Gasteiger partial charge in [-0.05, 0) is 71.6 Å². The van der Waals surface area contributed by atoms with Crippen LogP contribution in [0.15, 0.2) is 102 Å². The first kappa shape index (κ1) is 21.8. The van der Waals surface area contributed by atoms with Crippen molar-refractivity contribution in [1.82, 2.24) is 4.98 Å². The van der Waals surface area contributed by atoms with Crippen molar-refractivity contribution >= 4 is 56.6 Å². The number of fused-ring (bicyclic) bond motifs is 2. The van der Waals surface area contributed by atoms with Crippen LogP contribution in [0.3, 0.4) is 0 Å². The third kappa shape index (κ3) is 4.82. The van der Waals surface area contributed by atoms with Crippen LogP contribution in [0.5, 0.6) is 0 Å². The Morgan fingerprint density at radius 2 is 1.56 bits per heavy atom. The van der Waals surface area contributed by atoms with Crippen LogP contribution in [0.1, 0.15) is 17.3 Å². The van der Waals surface area contributed by atoms with Gasteiger partial charge in [0, 0.05) is 33.5 Å². The van der Waals surface area contributed by atoms with E-state index in [-0.39, 0.29) is 17.1 Å². The van der Waals surface area contributed by atoms with Crippen molar-refractivity contribution in [2.75, 3.05) is 10.6 Å². The number of carbonyl (C=O) groups excluding carboxylic acids is 2. The number of thioether (sulfide) groups is 1. The number of rotatable bonds is 6. The Labute approximate surface area is 201 Å².